The van der Waals surface area contributed by atoms with E-state index in [1.165, 1.54) is 4.57 Å². The van der Waals surface area contributed by atoms with E-state index in [-0.39, 0.29) is 12.1 Å². The molecule has 0 bridgehead atoms. The predicted molar refractivity (Wildman–Crippen MR) is 103 cm³/mol. The first-order chi connectivity index (χ1) is 12.4. The minimum Gasteiger partial charge on any atom is -0.502 e. The van der Waals surface area contributed by atoms with Crippen LogP contribution in [0.25, 0.3) is 10.9 Å². The van der Waals surface area contributed by atoms with Crippen LogP contribution in [0.2, 0.25) is 10.0 Å². The number of benzene rings is 2. The molecule has 0 radical (unpaired) electrons. The molecule has 1 heterocycles. The number of aromatic hydroxyl groups is 1. The highest BCUT2D eigenvalue weighted by Crippen LogP contribution is 2.25. The molecule has 0 saturated heterocycles. The average molecular weight is 391 g/mol. The number of hydrogen-bond donors (Lipinski definition) is 2. The molecule has 0 spiro atoms. The Morgan fingerprint density at radius 2 is 1.77 bits per heavy atom. The number of aryl methyl sites for hydroxylation is 1. The van der Waals surface area contributed by atoms with Gasteiger partial charge in [0.1, 0.15) is 0 Å². The van der Waals surface area contributed by atoms with Crippen molar-refractivity contribution in [2.45, 2.75) is 6.42 Å². The van der Waals surface area contributed by atoms with E-state index in [0.717, 1.165) is 5.56 Å². The first kappa shape index (κ1) is 18.3. The van der Waals surface area contributed by atoms with Crippen molar-refractivity contribution in [3.8, 4) is 5.75 Å². The van der Waals surface area contributed by atoms with E-state index in [1.54, 1.807) is 49.5 Å². The molecule has 2 N–H and O–H groups in total. The van der Waals surface area contributed by atoms with Crippen molar-refractivity contribution < 1.29 is 9.90 Å². The lowest BCUT2D eigenvalue weighted by molar-refractivity contribution is 0.0953. The highest BCUT2D eigenvalue weighted by Gasteiger charge is 2.20. The summed E-state index contributed by atoms with van der Waals surface area (Å²) in [5, 5.41) is 14.5. The molecule has 2 aromatic carbocycles. The van der Waals surface area contributed by atoms with Gasteiger partial charge in [0, 0.05) is 29.0 Å². The minimum atomic E-state index is -0.622. The summed E-state index contributed by atoms with van der Waals surface area (Å²) in [4.78, 5) is 24.8. The maximum absolute atomic E-state index is 12.6. The molecule has 1 amide bonds. The van der Waals surface area contributed by atoms with Crippen LogP contribution in [0.1, 0.15) is 15.9 Å². The number of para-hydroxylation sites is 1. The van der Waals surface area contributed by atoms with Crippen molar-refractivity contribution in [2.24, 2.45) is 7.05 Å². The summed E-state index contributed by atoms with van der Waals surface area (Å²) in [5.74, 6) is -1.10. The molecule has 0 aliphatic rings. The van der Waals surface area contributed by atoms with Crippen molar-refractivity contribution in [3.63, 3.8) is 0 Å². The third-order valence-corrected chi connectivity index (χ3v) is 4.94. The minimum absolute atomic E-state index is 0.0334. The lowest BCUT2D eigenvalue weighted by atomic mass is 10.1. The molecule has 0 aliphatic carbocycles. The topological polar surface area (TPSA) is 71.3 Å². The zero-order valence-electron chi connectivity index (χ0n) is 13.9. The number of amides is 1. The highest BCUT2D eigenvalue weighted by molar-refractivity contribution is 6.36. The van der Waals surface area contributed by atoms with Crippen LogP contribution in [0.3, 0.4) is 0 Å². The van der Waals surface area contributed by atoms with Crippen molar-refractivity contribution >= 4 is 40.0 Å². The highest BCUT2D eigenvalue weighted by atomic mass is 35.5. The number of fused-ring (bicyclic) bond motifs is 1. The molecule has 0 aliphatic heterocycles. The summed E-state index contributed by atoms with van der Waals surface area (Å²) >= 11 is 12.2. The fourth-order valence-corrected chi connectivity index (χ4v) is 3.46. The Balaban J connectivity index is 1.88. The van der Waals surface area contributed by atoms with E-state index in [9.17, 15) is 14.7 Å². The van der Waals surface area contributed by atoms with Gasteiger partial charge in [-0.05, 0) is 30.2 Å². The first-order valence-electron chi connectivity index (χ1n) is 7.93. The lowest BCUT2D eigenvalue weighted by Gasteiger charge is -2.13. The first-order valence-corrected chi connectivity index (χ1v) is 8.69. The monoisotopic (exact) mass is 390 g/mol. The average Bonchev–Trinajstić information content (AvgIpc) is 2.62. The van der Waals surface area contributed by atoms with Crippen molar-refractivity contribution in [3.05, 3.63) is 74.0 Å². The fraction of sp³-hybridized carbons (Fsp3) is 0.158. The summed E-state index contributed by atoms with van der Waals surface area (Å²) < 4.78 is 1.31. The molecule has 3 aromatic rings. The van der Waals surface area contributed by atoms with Crippen LogP contribution in [0, 0.1) is 0 Å². The smallest absolute Gasteiger partial charge is 0.293 e. The number of aromatic nitrogens is 1. The SMILES string of the molecule is Cn1c(=O)c(O)c(C(=O)NCCc2c(Cl)cccc2Cl)c2ccccc21. The Bertz CT molecular complexity index is 1040. The second-order valence-corrected chi connectivity index (χ2v) is 6.63. The van der Waals surface area contributed by atoms with Gasteiger partial charge in [-0.1, -0.05) is 47.5 Å². The van der Waals surface area contributed by atoms with Gasteiger partial charge in [0.25, 0.3) is 11.5 Å². The summed E-state index contributed by atoms with van der Waals surface area (Å²) in [5.41, 5.74) is 0.640. The van der Waals surface area contributed by atoms with Crippen molar-refractivity contribution in [1.82, 2.24) is 9.88 Å². The molecule has 7 heteroatoms. The molecule has 0 saturated carbocycles. The zero-order valence-corrected chi connectivity index (χ0v) is 15.4. The second-order valence-electron chi connectivity index (χ2n) is 5.81. The third kappa shape index (κ3) is 3.28. The van der Waals surface area contributed by atoms with Gasteiger partial charge in [0.2, 0.25) is 0 Å². The van der Waals surface area contributed by atoms with Gasteiger partial charge in [0.15, 0.2) is 5.75 Å². The largest absolute Gasteiger partial charge is 0.502 e. The standard InChI is InChI=1S/C19H16Cl2N2O3/c1-23-15-8-3-2-5-12(15)16(17(24)19(23)26)18(25)22-10-9-11-13(20)6-4-7-14(11)21/h2-8,24H,9-10H2,1H3,(H,22,25). The Hall–Kier alpha value is -2.50. The molecule has 3 rings (SSSR count). The Labute approximate surface area is 159 Å². The number of nitrogens with one attached hydrogen (secondary N) is 1. The van der Waals surface area contributed by atoms with E-state index in [1.807, 2.05) is 0 Å². The van der Waals surface area contributed by atoms with Crippen LogP contribution in [-0.2, 0) is 13.5 Å². The molecule has 0 atom stereocenters. The number of carbonyl (C=O) groups is 1. The summed E-state index contributed by atoms with van der Waals surface area (Å²) in [6.07, 6.45) is 0.424. The van der Waals surface area contributed by atoms with Gasteiger partial charge in [0.05, 0.1) is 11.1 Å². The fourth-order valence-electron chi connectivity index (χ4n) is 2.87. The Kier molecular flexibility index (Phi) is 5.20. The number of carbonyl (C=O) groups excluding carboxylic acids is 1. The number of nitrogens with zero attached hydrogens (tertiary/aromatic N) is 1. The van der Waals surface area contributed by atoms with Gasteiger partial charge in [-0.3, -0.25) is 9.59 Å². The van der Waals surface area contributed by atoms with Crippen LogP contribution in [0.4, 0.5) is 0 Å². The van der Waals surface area contributed by atoms with Gasteiger partial charge < -0.3 is 15.0 Å². The van der Waals surface area contributed by atoms with Gasteiger partial charge in [-0.25, -0.2) is 0 Å². The molecular formula is C19H16Cl2N2O3. The molecule has 0 fully saturated rings. The van der Waals surface area contributed by atoms with Crippen LogP contribution in [-0.4, -0.2) is 22.1 Å². The van der Waals surface area contributed by atoms with Crippen molar-refractivity contribution in [1.29, 1.82) is 0 Å². The normalized spacial score (nSPS) is 10.9. The lowest BCUT2D eigenvalue weighted by Crippen LogP contribution is -2.29. The van der Waals surface area contributed by atoms with Crippen LogP contribution < -0.4 is 10.9 Å². The van der Waals surface area contributed by atoms with Gasteiger partial charge >= 0.3 is 0 Å². The number of rotatable bonds is 4. The van der Waals surface area contributed by atoms with E-state index in [4.69, 9.17) is 23.2 Å². The molecule has 1 aromatic heterocycles. The summed E-state index contributed by atoms with van der Waals surface area (Å²) in [7, 11) is 1.55. The number of pyridine rings is 1. The van der Waals surface area contributed by atoms with Gasteiger partial charge in [-0.15, -0.1) is 0 Å². The summed E-state index contributed by atoms with van der Waals surface area (Å²) in [6.45, 7) is 0.255. The van der Waals surface area contributed by atoms with E-state index in [0.29, 0.717) is 27.4 Å². The maximum atomic E-state index is 12.6. The van der Waals surface area contributed by atoms with E-state index >= 15 is 0 Å². The predicted octanol–water partition coefficient (Wildman–Crippen LogP) is 3.52. The van der Waals surface area contributed by atoms with Crippen LogP contribution in [0.5, 0.6) is 5.75 Å². The second kappa shape index (κ2) is 7.40. The molecule has 0 unspecified atom stereocenters. The maximum Gasteiger partial charge on any atom is 0.293 e. The third-order valence-electron chi connectivity index (χ3n) is 4.23. The van der Waals surface area contributed by atoms with Crippen LogP contribution in [0.15, 0.2) is 47.3 Å². The van der Waals surface area contributed by atoms with Crippen LogP contribution >= 0.6 is 23.2 Å². The van der Waals surface area contributed by atoms with Crippen molar-refractivity contribution in [2.75, 3.05) is 6.54 Å². The van der Waals surface area contributed by atoms with E-state index in [2.05, 4.69) is 5.32 Å². The number of halogens is 2. The van der Waals surface area contributed by atoms with E-state index < -0.39 is 17.2 Å². The molecular weight excluding hydrogens is 375 g/mol. The quantitative estimate of drug-likeness (QED) is 0.715. The molecule has 134 valence electrons. The zero-order chi connectivity index (χ0) is 18.8. The number of hydrogen-bond acceptors (Lipinski definition) is 3. The Morgan fingerprint density at radius 3 is 2.46 bits per heavy atom. The van der Waals surface area contributed by atoms with Gasteiger partial charge in [-0.2, -0.15) is 0 Å². The summed E-state index contributed by atoms with van der Waals surface area (Å²) in [6, 6.07) is 12.1. The Morgan fingerprint density at radius 1 is 1.12 bits per heavy atom. The molecule has 5 nitrogen and oxygen atoms in total. The molecule has 26 heavy (non-hydrogen) atoms.